The van der Waals surface area contributed by atoms with Crippen LogP contribution in [0.15, 0.2) is 30.3 Å². The summed E-state index contributed by atoms with van der Waals surface area (Å²) in [6.07, 6.45) is 0. The molecule has 2 rings (SSSR count). The normalized spacial score (nSPS) is 15.3. The number of aryl methyl sites for hydroxylation is 1. The number of sulfonamides is 1. The molecule has 2 aromatic rings. The summed E-state index contributed by atoms with van der Waals surface area (Å²) in [5, 5.41) is 11.4. The van der Waals surface area contributed by atoms with Gasteiger partial charge in [0, 0.05) is 35.9 Å². The van der Waals surface area contributed by atoms with E-state index in [0.717, 1.165) is 16.9 Å². The van der Waals surface area contributed by atoms with Gasteiger partial charge in [-0.3, -0.25) is 10.1 Å². The lowest BCUT2D eigenvalue weighted by molar-refractivity contribution is -0.385. The Morgan fingerprint density at radius 2 is 1.79 bits per heavy atom. The predicted molar refractivity (Wildman–Crippen MR) is 132 cm³/mol. The van der Waals surface area contributed by atoms with Crippen molar-refractivity contribution in [2.24, 2.45) is 0 Å². The maximum atomic E-state index is 13.3. The zero-order valence-electron chi connectivity index (χ0n) is 19.9. The van der Waals surface area contributed by atoms with Crippen LogP contribution in [0.25, 0.3) is 0 Å². The van der Waals surface area contributed by atoms with Crippen molar-refractivity contribution in [3.05, 3.63) is 55.8 Å². The molecule has 1 unspecified atom stereocenters. The second-order valence-corrected chi connectivity index (χ2v) is 14.3. The summed E-state index contributed by atoms with van der Waals surface area (Å²) in [5.74, 6) is 0.242. The maximum Gasteiger partial charge on any atom is 0.283 e. The smallest absolute Gasteiger partial charge is 0.283 e. The molecule has 0 fully saturated rings. The topological polar surface area (TPSA) is 125 Å². The molecule has 12 heteroatoms. The third kappa shape index (κ3) is 6.90. The fourth-order valence-electron chi connectivity index (χ4n) is 3.00. The first-order valence-corrected chi connectivity index (χ1v) is 13.7. The molecule has 0 saturated carbocycles. The van der Waals surface area contributed by atoms with Gasteiger partial charge in [0.1, 0.15) is 16.0 Å². The van der Waals surface area contributed by atoms with Gasteiger partial charge < -0.3 is 9.29 Å². The fraction of sp³-hybridized carbons (Fsp3) is 0.524. The third-order valence-electron chi connectivity index (χ3n) is 5.02. The zero-order valence-corrected chi connectivity index (χ0v) is 22.3. The average molecular weight is 518 g/mol. The van der Waals surface area contributed by atoms with Crippen molar-refractivity contribution in [2.75, 3.05) is 19.9 Å². The fourth-order valence-corrected chi connectivity index (χ4v) is 6.75. The Morgan fingerprint density at radius 1 is 1.21 bits per heavy atom. The van der Waals surface area contributed by atoms with E-state index in [2.05, 4.69) is 4.72 Å². The number of methoxy groups -OCH3 is 1. The molecule has 0 radical (unpaired) electrons. The largest absolute Gasteiger partial charge is 0.598 e. The summed E-state index contributed by atoms with van der Waals surface area (Å²) in [4.78, 5) is 11.8. The molecule has 0 amide bonds. The van der Waals surface area contributed by atoms with Crippen LogP contribution in [0.2, 0.25) is 0 Å². The first kappa shape index (κ1) is 27.5. The number of hydrogen-bond acceptors (Lipinski definition) is 8. The summed E-state index contributed by atoms with van der Waals surface area (Å²) >= 11 is -0.488. The highest BCUT2D eigenvalue weighted by atomic mass is 32.2. The molecule has 9 nitrogen and oxygen atoms in total. The standard InChI is InChI=1S/C21H31N3O6S3/c1-15-18(24(25)26)12-19(31-15)21(5,22-32(27)20(2,3)4)14-33(28,29)23(6)13-16-8-10-17(30-7)11-9-16/h8-12,22H,13-14H2,1-7H3/t21-,32?/m0/s1. The Morgan fingerprint density at radius 3 is 2.24 bits per heavy atom. The van der Waals surface area contributed by atoms with Gasteiger partial charge in [0.25, 0.3) is 5.69 Å². The van der Waals surface area contributed by atoms with E-state index in [-0.39, 0.29) is 12.2 Å². The summed E-state index contributed by atoms with van der Waals surface area (Å²) in [5.41, 5.74) is -0.625. The van der Waals surface area contributed by atoms with E-state index < -0.39 is 42.3 Å². The van der Waals surface area contributed by atoms with Crippen LogP contribution in [0.4, 0.5) is 5.69 Å². The molecular formula is C21H31N3O6S3. The Hall–Kier alpha value is -1.70. The van der Waals surface area contributed by atoms with E-state index in [4.69, 9.17) is 4.74 Å². The van der Waals surface area contributed by atoms with Gasteiger partial charge in [-0.05, 0) is 52.3 Å². The number of thiophene rings is 1. The first-order chi connectivity index (χ1) is 15.1. The van der Waals surface area contributed by atoms with Gasteiger partial charge in [-0.2, -0.15) is 0 Å². The van der Waals surface area contributed by atoms with E-state index in [9.17, 15) is 23.1 Å². The van der Waals surface area contributed by atoms with Gasteiger partial charge in [0.05, 0.1) is 22.7 Å². The SMILES string of the molecule is COc1ccc(CN(C)S(=O)(=O)C[C@](C)(N[S+]([O-])C(C)(C)C)c2cc([N+](=O)[O-])c(C)s2)cc1. The van der Waals surface area contributed by atoms with Crippen molar-refractivity contribution in [2.45, 2.75) is 51.4 Å². The molecule has 0 aliphatic rings. The molecule has 1 N–H and O–H groups in total. The third-order valence-corrected chi connectivity index (χ3v) is 10.1. The van der Waals surface area contributed by atoms with Gasteiger partial charge in [-0.1, -0.05) is 12.1 Å². The summed E-state index contributed by atoms with van der Waals surface area (Å²) < 4.78 is 48.3. The van der Waals surface area contributed by atoms with Crippen molar-refractivity contribution in [3.8, 4) is 5.75 Å². The molecule has 0 saturated heterocycles. The second kappa shape index (κ2) is 10.3. The average Bonchev–Trinajstić information content (AvgIpc) is 3.10. The van der Waals surface area contributed by atoms with E-state index in [1.165, 1.54) is 17.4 Å². The van der Waals surface area contributed by atoms with Crippen molar-refractivity contribution in [3.63, 3.8) is 0 Å². The highest BCUT2D eigenvalue weighted by molar-refractivity contribution is 7.91. The van der Waals surface area contributed by atoms with Crippen LogP contribution in [-0.4, -0.2) is 46.9 Å². The molecule has 0 spiro atoms. The van der Waals surface area contributed by atoms with Crippen LogP contribution in [-0.2, 0) is 33.5 Å². The van der Waals surface area contributed by atoms with E-state index >= 15 is 0 Å². The summed E-state index contributed by atoms with van der Waals surface area (Å²) in [7, 11) is -0.825. The highest BCUT2D eigenvalue weighted by Crippen LogP contribution is 2.37. The van der Waals surface area contributed by atoms with Crippen LogP contribution < -0.4 is 9.46 Å². The van der Waals surface area contributed by atoms with Crippen LogP contribution in [0.1, 0.15) is 43.0 Å². The Balaban J connectivity index is 2.39. The van der Waals surface area contributed by atoms with E-state index in [1.807, 2.05) is 0 Å². The molecule has 184 valence electrons. The predicted octanol–water partition coefficient (Wildman–Crippen LogP) is 3.70. The highest BCUT2D eigenvalue weighted by Gasteiger charge is 2.43. The molecule has 1 aromatic carbocycles. The minimum Gasteiger partial charge on any atom is -0.598 e. The second-order valence-electron chi connectivity index (χ2n) is 8.98. The summed E-state index contributed by atoms with van der Waals surface area (Å²) in [6.45, 7) is 8.66. The van der Waals surface area contributed by atoms with Crippen LogP contribution in [0.5, 0.6) is 5.75 Å². The molecule has 0 bridgehead atoms. The Bertz CT molecular complexity index is 1080. The quantitative estimate of drug-likeness (QED) is 0.289. The van der Waals surface area contributed by atoms with Gasteiger partial charge in [-0.25, -0.2) is 12.7 Å². The molecule has 1 aromatic heterocycles. The van der Waals surface area contributed by atoms with Crippen molar-refractivity contribution < 1.29 is 22.6 Å². The number of nitrogens with zero attached hydrogens (tertiary/aromatic N) is 2. The van der Waals surface area contributed by atoms with Crippen LogP contribution in [0.3, 0.4) is 0 Å². The van der Waals surface area contributed by atoms with Crippen molar-refractivity contribution in [1.82, 2.24) is 9.03 Å². The number of benzene rings is 1. The Kier molecular flexibility index (Phi) is 8.58. The molecule has 2 atom stereocenters. The number of hydrogen-bond donors (Lipinski definition) is 1. The molecule has 33 heavy (non-hydrogen) atoms. The molecule has 0 aliphatic carbocycles. The molecular weight excluding hydrogens is 486 g/mol. The lowest BCUT2D eigenvalue weighted by Crippen LogP contribution is -2.54. The van der Waals surface area contributed by atoms with Gasteiger partial charge in [0.2, 0.25) is 10.0 Å². The monoisotopic (exact) mass is 517 g/mol. The zero-order chi connectivity index (χ0) is 25.2. The molecule has 1 heterocycles. The van der Waals surface area contributed by atoms with Gasteiger partial charge in [-0.15, -0.1) is 16.1 Å². The van der Waals surface area contributed by atoms with Gasteiger partial charge in [0.15, 0.2) is 0 Å². The maximum absolute atomic E-state index is 13.3. The van der Waals surface area contributed by atoms with Crippen molar-refractivity contribution >= 4 is 38.4 Å². The van der Waals surface area contributed by atoms with Crippen LogP contribution in [0, 0.1) is 17.0 Å². The van der Waals surface area contributed by atoms with Crippen molar-refractivity contribution in [1.29, 1.82) is 0 Å². The number of nitro groups is 1. The lowest BCUT2D eigenvalue weighted by Gasteiger charge is -2.35. The van der Waals surface area contributed by atoms with Gasteiger partial charge >= 0.3 is 0 Å². The number of nitrogens with one attached hydrogen (secondary N) is 1. The molecule has 0 aliphatic heterocycles. The van der Waals surface area contributed by atoms with E-state index in [1.54, 1.807) is 66.0 Å². The Labute approximate surface area is 202 Å². The van der Waals surface area contributed by atoms with E-state index in [0.29, 0.717) is 15.5 Å². The minimum absolute atomic E-state index is 0.0893. The lowest BCUT2D eigenvalue weighted by atomic mass is 10.0. The summed E-state index contributed by atoms with van der Waals surface area (Å²) in [6, 6.07) is 8.43. The first-order valence-electron chi connectivity index (χ1n) is 10.1. The van der Waals surface area contributed by atoms with Crippen LogP contribution >= 0.6 is 11.3 Å². The minimum atomic E-state index is -3.85. The number of ether oxygens (including phenoxy) is 1. The number of rotatable bonds is 10.